The van der Waals surface area contributed by atoms with Gasteiger partial charge in [0, 0.05) is 5.69 Å². The molecular weight excluding hydrogens is 434 g/mol. The number of carbonyl (C=O) groups is 2. The Kier molecular flexibility index (Phi) is 7.45. The van der Waals surface area contributed by atoms with Gasteiger partial charge in [0.2, 0.25) is 0 Å². The number of hydrogen-bond donors (Lipinski definition) is 1. The predicted octanol–water partition coefficient (Wildman–Crippen LogP) is 3.51. The topological polar surface area (TPSA) is 108 Å². The van der Waals surface area contributed by atoms with Gasteiger partial charge in [0.25, 0.3) is 10.0 Å². The minimum atomic E-state index is -3.92. The van der Waals surface area contributed by atoms with Gasteiger partial charge >= 0.3 is 11.9 Å². The molecular formula is C23H21NO7S. The fraction of sp³-hybridized carbons (Fsp3) is 0.130. The maximum atomic E-state index is 12.6. The molecule has 0 heterocycles. The number of sulfonamides is 1. The molecule has 0 bridgehead atoms. The summed E-state index contributed by atoms with van der Waals surface area (Å²) in [4.78, 5) is 24.0. The molecule has 0 spiro atoms. The Balaban J connectivity index is 1.57. The molecule has 3 rings (SSSR count). The first kappa shape index (κ1) is 22.8. The molecule has 3 aromatic rings. The summed E-state index contributed by atoms with van der Waals surface area (Å²) in [6.07, 6.45) is 0. The lowest BCUT2D eigenvalue weighted by Crippen LogP contribution is -2.16. The van der Waals surface area contributed by atoms with Crippen LogP contribution in [0.15, 0.2) is 83.8 Å². The van der Waals surface area contributed by atoms with Crippen molar-refractivity contribution >= 4 is 27.6 Å². The lowest BCUT2D eigenvalue weighted by atomic mass is 10.2. The van der Waals surface area contributed by atoms with Crippen molar-refractivity contribution < 1.29 is 32.2 Å². The van der Waals surface area contributed by atoms with Gasteiger partial charge in [0.1, 0.15) is 19.0 Å². The number of anilines is 1. The van der Waals surface area contributed by atoms with E-state index in [0.29, 0.717) is 17.0 Å². The van der Waals surface area contributed by atoms with Crippen molar-refractivity contribution in [2.24, 2.45) is 0 Å². The average Bonchev–Trinajstić information content (AvgIpc) is 2.82. The highest BCUT2D eigenvalue weighted by Crippen LogP contribution is 2.20. The van der Waals surface area contributed by atoms with Gasteiger partial charge in [0.05, 0.1) is 23.1 Å². The molecule has 0 amide bonds. The van der Waals surface area contributed by atoms with E-state index in [9.17, 15) is 18.0 Å². The molecule has 9 heteroatoms. The molecule has 0 saturated carbocycles. The van der Waals surface area contributed by atoms with Crippen LogP contribution in [0.3, 0.4) is 0 Å². The number of benzene rings is 3. The van der Waals surface area contributed by atoms with Crippen LogP contribution < -0.4 is 9.46 Å². The van der Waals surface area contributed by atoms with E-state index >= 15 is 0 Å². The summed E-state index contributed by atoms with van der Waals surface area (Å²) in [6, 6.07) is 20.2. The second-order valence-electron chi connectivity index (χ2n) is 6.50. The van der Waals surface area contributed by atoms with Gasteiger partial charge in [0.15, 0.2) is 0 Å². The van der Waals surface area contributed by atoms with Gasteiger partial charge in [-0.3, -0.25) is 4.72 Å². The number of methoxy groups -OCH3 is 1. The molecule has 0 aliphatic rings. The van der Waals surface area contributed by atoms with Crippen LogP contribution in [-0.4, -0.2) is 40.7 Å². The molecule has 0 saturated heterocycles. The van der Waals surface area contributed by atoms with E-state index in [-0.39, 0.29) is 23.7 Å². The monoisotopic (exact) mass is 455 g/mol. The number of carbonyl (C=O) groups excluding carboxylic acids is 2. The van der Waals surface area contributed by atoms with Crippen LogP contribution >= 0.6 is 0 Å². The van der Waals surface area contributed by atoms with Gasteiger partial charge in [-0.05, 0) is 54.6 Å². The zero-order valence-electron chi connectivity index (χ0n) is 17.2. The second kappa shape index (κ2) is 10.5. The van der Waals surface area contributed by atoms with Crippen LogP contribution in [0.4, 0.5) is 5.69 Å². The van der Waals surface area contributed by atoms with Crippen LogP contribution in [0, 0.1) is 0 Å². The Labute approximate surface area is 185 Å². The van der Waals surface area contributed by atoms with E-state index in [4.69, 9.17) is 14.2 Å². The molecule has 0 aromatic heterocycles. The van der Waals surface area contributed by atoms with Crippen molar-refractivity contribution in [1.29, 1.82) is 0 Å². The van der Waals surface area contributed by atoms with E-state index in [1.165, 1.54) is 31.4 Å². The molecule has 3 aromatic carbocycles. The first-order valence-electron chi connectivity index (χ1n) is 9.55. The minimum Gasteiger partial charge on any atom is -0.497 e. The number of esters is 2. The largest absolute Gasteiger partial charge is 0.497 e. The van der Waals surface area contributed by atoms with Crippen LogP contribution in [0.2, 0.25) is 0 Å². The molecule has 0 aliphatic carbocycles. The second-order valence-corrected chi connectivity index (χ2v) is 8.18. The van der Waals surface area contributed by atoms with E-state index < -0.39 is 22.0 Å². The Morgan fingerprint density at radius 2 is 1.38 bits per heavy atom. The van der Waals surface area contributed by atoms with Gasteiger partial charge in [-0.25, -0.2) is 18.0 Å². The minimum absolute atomic E-state index is 0.0528. The van der Waals surface area contributed by atoms with Crippen LogP contribution in [0.1, 0.15) is 20.7 Å². The van der Waals surface area contributed by atoms with Crippen molar-refractivity contribution in [3.63, 3.8) is 0 Å². The number of rotatable bonds is 9. The van der Waals surface area contributed by atoms with Gasteiger partial charge in [-0.1, -0.05) is 24.3 Å². The van der Waals surface area contributed by atoms with Gasteiger partial charge < -0.3 is 14.2 Å². The van der Waals surface area contributed by atoms with Crippen molar-refractivity contribution in [2.75, 3.05) is 25.0 Å². The fourth-order valence-corrected chi connectivity index (χ4v) is 3.78. The third-order valence-corrected chi connectivity index (χ3v) is 5.66. The highest BCUT2D eigenvalue weighted by atomic mass is 32.2. The lowest BCUT2D eigenvalue weighted by Gasteiger charge is -2.10. The fourth-order valence-electron chi connectivity index (χ4n) is 2.67. The zero-order chi connectivity index (χ0) is 23.0. The molecule has 32 heavy (non-hydrogen) atoms. The van der Waals surface area contributed by atoms with Gasteiger partial charge in [-0.15, -0.1) is 0 Å². The smallest absolute Gasteiger partial charge is 0.338 e. The molecule has 1 N–H and O–H groups in total. The SMILES string of the molecule is COc1ccc(NS(=O)(=O)c2cccc(C(=O)OCCOC(=O)c3ccccc3)c2)cc1. The first-order valence-corrected chi connectivity index (χ1v) is 11.0. The number of hydrogen-bond acceptors (Lipinski definition) is 7. The summed E-state index contributed by atoms with van der Waals surface area (Å²) < 4.78 is 42.9. The Morgan fingerprint density at radius 3 is 2.00 bits per heavy atom. The predicted molar refractivity (Wildman–Crippen MR) is 117 cm³/mol. The summed E-state index contributed by atoms with van der Waals surface area (Å²) in [5.74, 6) is -0.672. The molecule has 0 unspecified atom stereocenters. The van der Waals surface area contributed by atoms with E-state index in [1.54, 1.807) is 54.6 Å². The highest BCUT2D eigenvalue weighted by Gasteiger charge is 2.17. The van der Waals surface area contributed by atoms with Crippen molar-refractivity contribution in [3.8, 4) is 5.75 Å². The average molecular weight is 455 g/mol. The molecule has 0 atom stereocenters. The number of ether oxygens (including phenoxy) is 3. The summed E-state index contributed by atoms with van der Waals surface area (Å²) in [5.41, 5.74) is 0.789. The van der Waals surface area contributed by atoms with Crippen LogP contribution in [-0.2, 0) is 19.5 Å². The van der Waals surface area contributed by atoms with Crippen LogP contribution in [0.25, 0.3) is 0 Å². The zero-order valence-corrected chi connectivity index (χ0v) is 18.0. The Hall–Kier alpha value is -3.85. The summed E-state index contributed by atoms with van der Waals surface area (Å²) >= 11 is 0. The van der Waals surface area contributed by atoms with Crippen molar-refractivity contribution in [1.82, 2.24) is 0 Å². The van der Waals surface area contributed by atoms with E-state index in [2.05, 4.69) is 4.72 Å². The number of nitrogens with one attached hydrogen (secondary N) is 1. The molecule has 166 valence electrons. The third kappa shape index (κ3) is 6.08. The van der Waals surface area contributed by atoms with Crippen molar-refractivity contribution in [3.05, 3.63) is 90.0 Å². The highest BCUT2D eigenvalue weighted by molar-refractivity contribution is 7.92. The van der Waals surface area contributed by atoms with Crippen LogP contribution in [0.5, 0.6) is 5.75 Å². The van der Waals surface area contributed by atoms with Crippen molar-refractivity contribution in [2.45, 2.75) is 4.90 Å². The summed E-state index contributed by atoms with van der Waals surface area (Å²) in [6.45, 7) is -0.297. The summed E-state index contributed by atoms with van der Waals surface area (Å²) in [5, 5.41) is 0. The van der Waals surface area contributed by atoms with E-state index in [1.807, 2.05) is 0 Å². The third-order valence-electron chi connectivity index (χ3n) is 4.28. The Bertz CT molecular complexity index is 1180. The molecule has 0 radical (unpaired) electrons. The van der Waals surface area contributed by atoms with E-state index in [0.717, 1.165) is 0 Å². The Morgan fingerprint density at radius 1 is 0.781 bits per heavy atom. The lowest BCUT2D eigenvalue weighted by molar-refractivity contribution is 0.0265. The van der Waals surface area contributed by atoms with Gasteiger partial charge in [-0.2, -0.15) is 0 Å². The first-order chi connectivity index (χ1) is 15.4. The summed E-state index contributed by atoms with van der Waals surface area (Å²) in [7, 11) is -2.41. The quantitative estimate of drug-likeness (QED) is 0.389. The molecule has 8 nitrogen and oxygen atoms in total. The standard InChI is InChI=1S/C23H21NO7S/c1-29-20-12-10-19(11-13-20)24-32(27,28)21-9-5-8-18(16-21)23(26)31-15-14-30-22(25)17-6-3-2-4-7-17/h2-13,16,24H,14-15H2,1H3. The normalized spacial score (nSPS) is 10.8. The molecule has 0 fully saturated rings. The molecule has 0 aliphatic heterocycles. The maximum Gasteiger partial charge on any atom is 0.338 e. The maximum absolute atomic E-state index is 12.6.